The van der Waals surface area contributed by atoms with Gasteiger partial charge in [0.2, 0.25) is 6.29 Å². The third-order valence-electron chi connectivity index (χ3n) is 7.57. The standard InChI is InChI=1S/C27H32O12/c1-33-16-6-4-12(8-18(16)35-3)23-14-10-37-24(15(14)11-36-23)13-5-7-17(34-2)19(9-13)38-27-22(30)20(28)21(29)25(39-27)26(31)32/h4-9,14-15,20-25,27-30H,10-11H2,1-3H3,(H,31,32)/t14?,15?,20?,21-,22+,23-,24?,25-,27?/m1/s1. The Kier molecular flexibility index (Phi) is 7.85. The van der Waals surface area contributed by atoms with Crippen LogP contribution in [0.3, 0.4) is 0 Å². The topological polar surface area (TPSA) is 163 Å². The second-order valence-electron chi connectivity index (χ2n) is 9.71. The SMILES string of the molecule is COc1ccc([C@H]2OCC3C(c4ccc(OC)c(OC5O[C@@H](C(=O)O)[C@H](O)C(O)[C@@H]5O)c4)OCC32)cc1OC. The highest BCUT2D eigenvalue weighted by Crippen LogP contribution is 2.51. The zero-order valence-corrected chi connectivity index (χ0v) is 21.6. The van der Waals surface area contributed by atoms with Gasteiger partial charge in [0.05, 0.1) is 46.8 Å². The maximum absolute atomic E-state index is 11.5. The number of hydrogen-bond donors (Lipinski definition) is 4. The lowest BCUT2D eigenvalue weighted by molar-refractivity contribution is -0.271. The summed E-state index contributed by atoms with van der Waals surface area (Å²) in [6.45, 7) is 0.927. The molecule has 12 heteroatoms. The molecule has 0 aromatic heterocycles. The molecule has 39 heavy (non-hydrogen) atoms. The summed E-state index contributed by atoms with van der Waals surface area (Å²) in [5.41, 5.74) is 1.72. The van der Waals surface area contributed by atoms with E-state index in [0.29, 0.717) is 30.5 Å². The van der Waals surface area contributed by atoms with Gasteiger partial charge in [-0.05, 0) is 35.4 Å². The number of hydrogen-bond acceptors (Lipinski definition) is 11. The average Bonchev–Trinajstić information content (AvgIpc) is 3.55. The molecule has 5 rings (SSSR count). The lowest BCUT2D eigenvalue weighted by atomic mass is 9.85. The predicted octanol–water partition coefficient (Wildman–Crippen LogP) is 1.06. The molecule has 5 unspecified atom stereocenters. The first-order valence-corrected chi connectivity index (χ1v) is 12.5. The molecule has 0 bridgehead atoms. The van der Waals surface area contributed by atoms with E-state index in [4.69, 9.17) is 33.2 Å². The van der Waals surface area contributed by atoms with E-state index in [1.807, 2.05) is 24.3 Å². The van der Waals surface area contributed by atoms with Gasteiger partial charge in [-0.15, -0.1) is 0 Å². The van der Waals surface area contributed by atoms with E-state index in [0.717, 1.165) is 11.1 Å². The lowest BCUT2D eigenvalue weighted by Gasteiger charge is -2.38. The van der Waals surface area contributed by atoms with Gasteiger partial charge in [-0.2, -0.15) is 0 Å². The summed E-state index contributed by atoms with van der Waals surface area (Å²) in [4.78, 5) is 11.5. The minimum absolute atomic E-state index is 0.0363. The van der Waals surface area contributed by atoms with Crippen LogP contribution in [-0.2, 0) is 19.0 Å². The van der Waals surface area contributed by atoms with Gasteiger partial charge in [0.25, 0.3) is 0 Å². The van der Waals surface area contributed by atoms with E-state index < -0.39 is 36.7 Å². The number of aliphatic carboxylic acids is 1. The molecule has 3 heterocycles. The average molecular weight is 549 g/mol. The maximum atomic E-state index is 11.5. The number of benzene rings is 2. The van der Waals surface area contributed by atoms with E-state index in [1.54, 1.807) is 26.4 Å². The number of carbonyl (C=O) groups is 1. The molecule has 9 atom stereocenters. The van der Waals surface area contributed by atoms with E-state index >= 15 is 0 Å². The molecule has 2 aromatic carbocycles. The number of ether oxygens (including phenoxy) is 7. The highest BCUT2D eigenvalue weighted by atomic mass is 16.7. The number of aliphatic hydroxyl groups excluding tert-OH is 3. The minimum Gasteiger partial charge on any atom is -0.493 e. The normalized spacial score (nSPS) is 33.8. The number of carboxylic acid groups (broad SMARTS) is 1. The van der Waals surface area contributed by atoms with Crippen molar-refractivity contribution in [3.05, 3.63) is 47.5 Å². The van der Waals surface area contributed by atoms with Crippen molar-refractivity contribution < 1.29 is 58.4 Å². The van der Waals surface area contributed by atoms with Crippen molar-refractivity contribution in [2.75, 3.05) is 34.5 Å². The van der Waals surface area contributed by atoms with Gasteiger partial charge in [-0.25, -0.2) is 4.79 Å². The summed E-state index contributed by atoms with van der Waals surface area (Å²) < 4.78 is 39.7. The van der Waals surface area contributed by atoms with Crippen molar-refractivity contribution in [1.82, 2.24) is 0 Å². The smallest absolute Gasteiger partial charge is 0.335 e. The van der Waals surface area contributed by atoms with Crippen LogP contribution in [-0.4, -0.2) is 91.6 Å². The summed E-state index contributed by atoms with van der Waals surface area (Å²) in [6.07, 6.45) is -9.20. The molecule has 0 amide bonds. The Morgan fingerprint density at radius 2 is 1.26 bits per heavy atom. The van der Waals surface area contributed by atoms with Crippen LogP contribution in [0.15, 0.2) is 36.4 Å². The van der Waals surface area contributed by atoms with Gasteiger partial charge in [-0.3, -0.25) is 0 Å². The molecule has 0 spiro atoms. The highest BCUT2D eigenvalue weighted by Gasteiger charge is 2.50. The summed E-state index contributed by atoms with van der Waals surface area (Å²) in [5.74, 6) is 0.301. The van der Waals surface area contributed by atoms with E-state index in [9.17, 15) is 25.2 Å². The summed E-state index contributed by atoms with van der Waals surface area (Å²) >= 11 is 0. The van der Waals surface area contributed by atoms with Gasteiger partial charge in [0.15, 0.2) is 29.1 Å². The fourth-order valence-corrected chi connectivity index (χ4v) is 5.50. The van der Waals surface area contributed by atoms with E-state index in [1.165, 1.54) is 7.11 Å². The second-order valence-corrected chi connectivity index (χ2v) is 9.71. The van der Waals surface area contributed by atoms with Crippen LogP contribution in [0.4, 0.5) is 0 Å². The molecule has 12 nitrogen and oxygen atoms in total. The molecule has 2 aromatic rings. The van der Waals surface area contributed by atoms with Crippen LogP contribution in [0.1, 0.15) is 23.3 Å². The Labute approximate surface area is 224 Å². The number of rotatable bonds is 8. The van der Waals surface area contributed by atoms with Crippen LogP contribution < -0.4 is 18.9 Å². The number of methoxy groups -OCH3 is 3. The van der Waals surface area contributed by atoms with Crippen LogP contribution in [0.25, 0.3) is 0 Å². The molecule has 4 N–H and O–H groups in total. The summed E-state index contributed by atoms with van der Waals surface area (Å²) in [5, 5.41) is 39.8. The van der Waals surface area contributed by atoms with Crippen molar-refractivity contribution in [3.63, 3.8) is 0 Å². The Bertz CT molecular complexity index is 1190. The number of fused-ring (bicyclic) bond motifs is 1. The zero-order valence-electron chi connectivity index (χ0n) is 21.6. The Hall–Kier alpha value is -3.13. The number of aliphatic hydroxyl groups is 3. The summed E-state index contributed by atoms with van der Waals surface area (Å²) in [6, 6.07) is 10.9. The van der Waals surface area contributed by atoms with E-state index in [2.05, 4.69) is 0 Å². The van der Waals surface area contributed by atoms with Gasteiger partial charge in [0, 0.05) is 11.8 Å². The Balaban J connectivity index is 1.36. The quantitative estimate of drug-likeness (QED) is 0.372. The molecule has 0 aliphatic carbocycles. The van der Waals surface area contributed by atoms with Crippen LogP contribution in [0, 0.1) is 11.8 Å². The molecular weight excluding hydrogens is 516 g/mol. The van der Waals surface area contributed by atoms with Gasteiger partial charge in [-0.1, -0.05) is 12.1 Å². The fourth-order valence-electron chi connectivity index (χ4n) is 5.50. The van der Waals surface area contributed by atoms with Crippen molar-refractivity contribution in [2.45, 2.75) is 42.9 Å². The van der Waals surface area contributed by atoms with Crippen molar-refractivity contribution in [2.24, 2.45) is 11.8 Å². The first-order chi connectivity index (χ1) is 18.8. The largest absolute Gasteiger partial charge is 0.493 e. The molecule has 212 valence electrons. The predicted molar refractivity (Wildman–Crippen MR) is 132 cm³/mol. The molecular formula is C27H32O12. The lowest BCUT2D eigenvalue weighted by Crippen LogP contribution is -2.61. The van der Waals surface area contributed by atoms with Crippen LogP contribution in [0.2, 0.25) is 0 Å². The Morgan fingerprint density at radius 3 is 1.77 bits per heavy atom. The molecule has 3 fully saturated rings. The van der Waals surface area contributed by atoms with Gasteiger partial charge < -0.3 is 53.6 Å². The van der Waals surface area contributed by atoms with Crippen molar-refractivity contribution in [1.29, 1.82) is 0 Å². The second kappa shape index (κ2) is 11.2. The molecule has 0 saturated carbocycles. The summed E-state index contributed by atoms with van der Waals surface area (Å²) in [7, 11) is 4.60. The van der Waals surface area contributed by atoms with Crippen molar-refractivity contribution >= 4 is 5.97 Å². The Morgan fingerprint density at radius 1 is 0.744 bits per heavy atom. The first kappa shape index (κ1) is 27.4. The van der Waals surface area contributed by atoms with Crippen LogP contribution in [0.5, 0.6) is 23.0 Å². The monoisotopic (exact) mass is 548 g/mol. The number of carboxylic acids is 1. The van der Waals surface area contributed by atoms with Crippen LogP contribution >= 0.6 is 0 Å². The van der Waals surface area contributed by atoms with Crippen molar-refractivity contribution in [3.8, 4) is 23.0 Å². The highest BCUT2D eigenvalue weighted by molar-refractivity contribution is 5.73. The van der Waals surface area contributed by atoms with E-state index in [-0.39, 0.29) is 29.8 Å². The first-order valence-electron chi connectivity index (χ1n) is 12.5. The minimum atomic E-state index is -1.82. The zero-order chi connectivity index (χ0) is 27.8. The molecule has 3 saturated heterocycles. The third-order valence-corrected chi connectivity index (χ3v) is 7.57. The maximum Gasteiger partial charge on any atom is 0.335 e. The molecule has 3 aliphatic heterocycles. The van der Waals surface area contributed by atoms with Gasteiger partial charge >= 0.3 is 5.97 Å². The molecule has 3 aliphatic rings. The molecule has 0 radical (unpaired) electrons. The fraction of sp³-hybridized carbons (Fsp3) is 0.519. The third kappa shape index (κ3) is 4.99. The van der Waals surface area contributed by atoms with Gasteiger partial charge in [0.1, 0.15) is 18.3 Å².